The molecule has 0 saturated carbocycles. The van der Waals surface area contributed by atoms with Gasteiger partial charge in [-0.25, -0.2) is 9.59 Å². The minimum atomic E-state index is -0.790. The van der Waals surface area contributed by atoms with E-state index in [1.54, 1.807) is 6.08 Å². The number of hydrogen-bond donors (Lipinski definition) is 0. The highest BCUT2D eigenvalue weighted by molar-refractivity contribution is 5.61. The summed E-state index contributed by atoms with van der Waals surface area (Å²) in [5.74, 6) is 0. The van der Waals surface area contributed by atoms with Crippen LogP contribution in [-0.2, 0) is 23.7 Å². The fourth-order valence-electron chi connectivity index (χ4n) is 2.32. The molecule has 0 unspecified atom stereocenters. The first kappa shape index (κ1) is 25.0. The second kappa shape index (κ2) is 13.2. The molecule has 0 amide bonds. The Bertz CT molecular complexity index is 465. The molecule has 7 heteroatoms. The van der Waals surface area contributed by atoms with E-state index in [-0.39, 0.29) is 26.4 Å². The van der Waals surface area contributed by atoms with E-state index in [1.165, 1.54) is 6.08 Å². The Morgan fingerprint density at radius 3 is 1.93 bits per heavy atom. The zero-order valence-corrected chi connectivity index (χ0v) is 17.1. The molecular weight excluding hydrogens is 352 g/mol. The van der Waals surface area contributed by atoms with Gasteiger partial charge in [0.1, 0.15) is 24.4 Å². The van der Waals surface area contributed by atoms with Crippen molar-refractivity contribution < 1.29 is 33.3 Å². The summed E-state index contributed by atoms with van der Waals surface area (Å²) in [5.41, 5.74) is -1.50. The Hall–Kier alpha value is -2.02. The number of carbonyl (C=O) groups excluding carboxylic acids is 2. The van der Waals surface area contributed by atoms with E-state index in [0.717, 1.165) is 0 Å². The zero-order valence-electron chi connectivity index (χ0n) is 17.1. The Labute approximate surface area is 162 Å². The molecule has 0 spiro atoms. The molecule has 27 heavy (non-hydrogen) atoms. The largest absolute Gasteiger partial charge is 0.509 e. The molecule has 0 aromatic rings. The van der Waals surface area contributed by atoms with E-state index in [0.29, 0.717) is 25.7 Å². The van der Waals surface area contributed by atoms with Gasteiger partial charge in [-0.2, -0.15) is 0 Å². The van der Waals surface area contributed by atoms with Crippen LogP contribution < -0.4 is 0 Å². The van der Waals surface area contributed by atoms with E-state index in [1.807, 2.05) is 27.7 Å². The van der Waals surface area contributed by atoms with Crippen LogP contribution in [0.15, 0.2) is 25.3 Å². The monoisotopic (exact) mass is 386 g/mol. The van der Waals surface area contributed by atoms with E-state index in [9.17, 15) is 9.59 Å². The van der Waals surface area contributed by atoms with Gasteiger partial charge >= 0.3 is 12.3 Å². The molecule has 0 aliphatic carbocycles. The van der Waals surface area contributed by atoms with Gasteiger partial charge in [0.25, 0.3) is 0 Å². The van der Waals surface area contributed by atoms with E-state index in [2.05, 4.69) is 13.2 Å². The molecule has 0 heterocycles. The van der Waals surface area contributed by atoms with Gasteiger partial charge in [0.05, 0.1) is 13.2 Å². The highest BCUT2D eigenvalue weighted by Crippen LogP contribution is 2.23. The third-order valence-electron chi connectivity index (χ3n) is 4.58. The Balaban J connectivity index is 4.34. The summed E-state index contributed by atoms with van der Waals surface area (Å²) in [5, 5.41) is 0. The number of carbonyl (C=O) groups is 2. The minimum Gasteiger partial charge on any atom is -0.432 e. The number of rotatable bonds is 14. The summed E-state index contributed by atoms with van der Waals surface area (Å²) in [6.45, 7) is 15.2. The molecule has 0 fully saturated rings. The van der Waals surface area contributed by atoms with Crippen molar-refractivity contribution in [2.24, 2.45) is 0 Å². The summed E-state index contributed by atoms with van der Waals surface area (Å²) < 4.78 is 26.2. The summed E-state index contributed by atoms with van der Waals surface area (Å²) in [4.78, 5) is 23.5. The second-order valence-electron chi connectivity index (χ2n) is 6.07. The summed E-state index contributed by atoms with van der Waals surface area (Å²) in [7, 11) is 0. The lowest BCUT2D eigenvalue weighted by atomic mass is 9.98. The first-order chi connectivity index (χ1) is 12.9. The van der Waals surface area contributed by atoms with Crippen LogP contribution in [0.1, 0.15) is 53.4 Å². The van der Waals surface area contributed by atoms with Gasteiger partial charge in [0.2, 0.25) is 0 Å². The molecule has 7 nitrogen and oxygen atoms in total. The Kier molecular flexibility index (Phi) is 12.2. The van der Waals surface area contributed by atoms with Crippen LogP contribution >= 0.6 is 0 Å². The van der Waals surface area contributed by atoms with Gasteiger partial charge in [-0.3, -0.25) is 0 Å². The SMILES string of the molecule is C=CCOC(=O)OC(CC)(CC)COCCOC(=O)OC(C=C)(CC)CC. The van der Waals surface area contributed by atoms with Gasteiger partial charge < -0.3 is 23.7 Å². The van der Waals surface area contributed by atoms with Crippen LogP contribution in [0.25, 0.3) is 0 Å². The molecule has 156 valence electrons. The second-order valence-corrected chi connectivity index (χ2v) is 6.07. The predicted molar refractivity (Wildman–Crippen MR) is 103 cm³/mol. The maximum atomic E-state index is 11.8. The highest BCUT2D eigenvalue weighted by atomic mass is 16.7. The van der Waals surface area contributed by atoms with Crippen molar-refractivity contribution in [2.45, 2.75) is 64.6 Å². The van der Waals surface area contributed by atoms with Crippen LogP contribution in [0.3, 0.4) is 0 Å². The van der Waals surface area contributed by atoms with E-state index >= 15 is 0 Å². The standard InChI is InChI=1S/C20H34O7/c1-7-13-24-17(21)27-20(11-5,12-6)16-23-14-15-25-18(22)26-19(8-2,9-3)10-4/h7-8H,1-2,9-16H2,3-6H3. The van der Waals surface area contributed by atoms with E-state index < -0.39 is 23.5 Å². The van der Waals surface area contributed by atoms with Crippen molar-refractivity contribution in [3.05, 3.63) is 25.3 Å². The van der Waals surface area contributed by atoms with Gasteiger partial charge in [-0.1, -0.05) is 46.9 Å². The molecule has 0 aliphatic heterocycles. The lowest BCUT2D eigenvalue weighted by molar-refractivity contribution is -0.0894. The molecule has 0 radical (unpaired) electrons. The first-order valence-corrected chi connectivity index (χ1v) is 9.40. The third kappa shape index (κ3) is 8.95. The van der Waals surface area contributed by atoms with Crippen molar-refractivity contribution in [1.29, 1.82) is 0 Å². The molecule has 0 rings (SSSR count). The number of ether oxygens (including phenoxy) is 5. The van der Waals surface area contributed by atoms with Crippen LogP contribution in [0.2, 0.25) is 0 Å². The molecule has 0 aliphatic rings. The zero-order chi connectivity index (χ0) is 20.8. The molecule has 0 atom stereocenters. The van der Waals surface area contributed by atoms with Crippen LogP contribution in [-0.4, -0.2) is 49.9 Å². The average molecular weight is 386 g/mol. The van der Waals surface area contributed by atoms with Crippen molar-refractivity contribution in [3.63, 3.8) is 0 Å². The van der Waals surface area contributed by atoms with Crippen molar-refractivity contribution in [1.82, 2.24) is 0 Å². The smallest absolute Gasteiger partial charge is 0.432 e. The Morgan fingerprint density at radius 2 is 1.44 bits per heavy atom. The molecular formula is C20H34O7. The normalized spacial score (nSPS) is 11.4. The highest BCUT2D eigenvalue weighted by Gasteiger charge is 2.32. The summed E-state index contributed by atoms with van der Waals surface area (Å²) in [6, 6.07) is 0. The predicted octanol–water partition coefficient (Wildman–Crippen LogP) is 4.80. The topological polar surface area (TPSA) is 80.3 Å². The van der Waals surface area contributed by atoms with Crippen molar-refractivity contribution >= 4 is 12.3 Å². The fourth-order valence-corrected chi connectivity index (χ4v) is 2.32. The minimum absolute atomic E-state index is 0.0317. The molecule has 0 bridgehead atoms. The van der Waals surface area contributed by atoms with Gasteiger partial charge in [0.15, 0.2) is 0 Å². The average Bonchev–Trinajstić information content (AvgIpc) is 2.69. The van der Waals surface area contributed by atoms with Crippen molar-refractivity contribution in [2.75, 3.05) is 26.4 Å². The van der Waals surface area contributed by atoms with E-state index in [4.69, 9.17) is 23.7 Å². The molecule has 0 aromatic carbocycles. The third-order valence-corrected chi connectivity index (χ3v) is 4.58. The Morgan fingerprint density at radius 1 is 0.852 bits per heavy atom. The molecule has 0 aromatic heterocycles. The van der Waals surface area contributed by atoms with Gasteiger partial charge in [-0.15, -0.1) is 0 Å². The fraction of sp³-hybridized carbons (Fsp3) is 0.700. The van der Waals surface area contributed by atoms with Gasteiger partial charge in [0, 0.05) is 0 Å². The quantitative estimate of drug-likeness (QED) is 0.241. The number of hydrogen-bond acceptors (Lipinski definition) is 7. The molecule has 0 saturated heterocycles. The van der Waals surface area contributed by atoms with Crippen LogP contribution in [0.4, 0.5) is 9.59 Å². The first-order valence-electron chi connectivity index (χ1n) is 9.40. The van der Waals surface area contributed by atoms with Crippen LogP contribution in [0.5, 0.6) is 0 Å². The lowest BCUT2D eigenvalue weighted by Crippen LogP contribution is -2.39. The summed E-state index contributed by atoms with van der Waals surface area (Å²) in [6.07, 6.45) is 3.91. The maximum absolute atomic E-state index is 11.8. The maximum Gasteiger partial charge on any atom is 0.509 e. The molecule has 0 N–H and O–H groups in total. The van der Waals surface area contributed by atoms with Crippen molar-refractivity contribution in [3.8, 4) is 0 Å². The van der Waals surface area contributed by atoms with Gasteiger partial charge in [-0.05, 0) is 31.8 Å². The summed E-state index contributed by atoms with van der Waals surface area (Å²) >= 11 is 0. The lowest BCUT2D eigenvalue weighted by Gasteiger charge is -2.30. The van der Waals surface area contributed by atoms with Crippen LogP contribution in [0, 0.1) is 0 Å².